The first-order valence-corrected chi connectivity index (χ1v) is 6.38. The molecule has 0 aromatic rings. The zero-order valence-corrected chi connectivity index (χ0v) is 9.23. The summed E-state index contributed by atoms with van der Waals surface area (Å²) in [7, 11) is 0. The molecule has 0 radical (unpaired) electrons. The molecule has 2 nitrogen and oxygen atoms in total. The summed E-state index contributed by atoms with van der Waals surface area (Å²) in [4.78, 5) is 0. The van der Waals surface area contributed by atoms with Gasteiger partial charge in [0.15, 0.2) is 0 Å². The average Bonchev–Trinajstić information content (AvgIpc) is 2.62. The van der Waals surface area contributed by atoms with Gasteiger partial charge in [-0.05, 0) is 63.7 Å². The molecule has 2 atom stereocenters. The zero-order valence-electron chi connectivity index (χ0n) is 9.23. The Labute approximate surface area is 87.8 Å². The highest BCUT2D eigenvalue weighted by molar-refractivity contribution is 4.78. The molecular weight excluding hydrogens is 172 g/mol. The Hall–Kier alpha value is -0.0800. The van der Waals surface area contributed by atoms with Gasteiger partial charge in [-0.2, -0.15) is 0 Å². The molecule has 2 unspecified atom stereocenters. The number of rotatable bonds is 1. The second-order valence-electron chi connectivity index (χ2n) is 4.92. The quantitative estimate of drug-likeness (QED) is 0.668. The molecule has 2 heterocycles. The minimum absolute atomic E-state index is 0.947. The van der Waals surface area contributed by atoms with Crippen molar-refractivity contribution in [3.63, 3.8) is 0 Å². The second-order valence-corrected chi connectivity index (χ2v) is 4.92. The van der Waals surface area contributed by atoms with Crippen LogP contribution in [0.5, 0.6) is 0 Å². The second kappa shape index (κ2) is 5.72. The van der Waals surface area contributed by atoms with Crippen LogP contribution in [0.3, 0.4) is 0 Å². The van der Waals surface area contributed by atoms with E-state index < -0.39 is 0 Å². The molecule has 14 heavy (non-hydrogen) atoms. The summed E-state index contributed by atoms with van der Waals surface area (Å²) in [6.07, 6.45) is 8.56. The minimum atomic E-state index is 0.947. The zero-order chi connectivity index (χ0) is 9.64. The lowest BCUT2D eigenvalue weighted by Crippen LogP contribution is -2.32. The lowest BCUT2D eigenvalue weighted by atomic mass is 9.85. The van der Waals surface area contributed by atoms with Gasteiger partial charge in [0.1, 0.15) is 0 Å². The predicted octanol–water partition coefficient (Wildman–Crippen LogP) is 1.77. The summed E-state index contributed by atoms with van der Waals surface area (Å²) in [5.74, 6) is 1.89. The van der Waals surface area contributed by atoms with Crippen LogP contribution in [0.2, 0.25) is 0 Å². The fourth-order valence-electron chi connectivity index (χ4n) is 2.90. The summed E-state index contributed by atoms with van der Waals surface area (Å²) < 4.78 is 0. The molecule has 0 aromatic carbocycles. The van der Waals surface area contributed by atoms with Crippen molar-refractivity contribution < 1.29 is 0 Å². The fourth-order valence-corrected chi connectivity index (χ4v) is 2.90. The maximum atomic E-state index is 3.59. The van der Waals surface area contributed by atoms with E-state index in [9.17, 15) is 0 Å². The Kier molecular flexibility index (Phi) is 4.26. The molecule has 2 heteroatoms. The molecule has 2 N–H and O–H groups in total. The van der Waals surface area contributed by atoms with Crippen molar-refractivity contribution in [1.29, 1.82) is 0 Å². The summed E-state index contributed by atoms with van der Waals surface area (Å²) >= 11 is 0. The average molecular weight is 196 g/mol. The Morgan fingerprint density at radius 1 is 0.643 bits per heavy atom. The SMILES string of the molecule is C1CCC(C2CCCCNC2)CNC1. The van der Waals surface area contributed by atoms with Gasteiger partial charge in [0.25, 0.3) is 0 Å². The van der Waals surface area contributed by atoms with Crippen LogP contribution < -0.4 is 10.6 Å². The van der Waals surface area contributed by atoms with Crippen molar-refractivity contribution in [1.82, 2.24) is 10.6 Å². The summed E-state index contributed by atoms with van der Waals surface area (Å²) in [5.41, 5.74) is 0. The van der Waals surface area contributed by atoms with Crippen molar-refractivity contribution >= 4 is 0 Å². The van der Waals surface area contributed by atoms with E-state index in [2.05, 4.69) is 10.6 Å². The lowest BCUT2D eigenvalue weighted by molar-refractivity contribution is 0.294. The van der Waals surface area contributed by atoms with Crippen molar-refractivity contribution in [2.75, 3.05) is 26.2 Å². The van der Waals surface area contributed by atoms with Crippen LogP contribution in [-0.2, 0) is 0 Å². The molecule has 2 rings (SSSR count). The van der Waals surface area contributed by atoms with E-state index >= 15 is 0 Å². The molecule has 2 saturated heterocycles. The van der Waals surface area contributed by atoms with Crippen LogP contribution >= 0.6 is 0 Å². The van der Waals surface area contributed by atoms with Gasteiger partial charge in [-0.3, -0.25) is 0 Å². The summed E-state index contributed by atoms with van der Waals surface area (Å²) in [5, 5.41) is 7.17. The van der Waals surface area contributed by atoms with E-state index in [4.69, 9.17) is 0 Å². The smallest absolute Gasteiger partial charge is 0.00174 e. The van der Waals surface area contributed by atoms with Crippen molar-refractivity contribution in [2.24, 2.45) is 11.8 Å². The molecule has 0 spiro atoms. The molecule has 0 amide bonds. The van der Waals surface area contributed by atoms with E-state index in [1.807, 2.05) is 0 Å². The van der Waals surface area contributed by atoms with Crippen LogP contribution in [0, 0.1) is 11.8 Å². The Morgan fingerprint density at radius 2 is 1.14 bits per heavy atom. The minimum Gasteiger partial charge on any atom is -0.316 e. The molecule has 0 aromatic heterocycles. The van der Waals surface area contributed by atoms with Crippen LogP contribution in [0.25, 0.3) is 0 Å². The van der Waals surface area contributed by atoms with Gasteiger partial charge in [-0.15, -0.1) is 0 Å². The van der Waals surface area contributed by atoms with Gasteiger partial charge in [0.05, 0.1) is 0 Å². The van der Waals surface area contributed by atoms with E-state index in [1.165, 1.54) is 64.7 Å². The Bertz CT molecular complexity index is 124. The topological polar surface area (TPSA) is 24.1 Å². The highest BCUT2D eigenvalue weighted by Crippen LogP contribution is 2.25. The van der Waals surface area contributed by atoms with Crippen LogP contribution in [-0.4, -0.2) is 26.2 Å². The van der Waals surface area contributed by atoms with E-state index in [1.54, 1.807) is 0 Å². The number of nitrogens with one attached hydrogen (secondary N) is 2. The van der Waals surface area contributed by atoms with Crippen LogP contribution in [0.15, 0.2) is 0 Å². The molecule has 2 aliphatic heterocycles. The largest absolute Gasteiger partial charge is 0.316 e. The lowest BCUT2D eigenvalue weighted by Gasteiger charge is -2.24. The molecule has 82 valence electrons. The van der Waals surface area contributed by atoms with E-state index in [0.29, 0.717) is 0 Å². The molecule has 0 bridgehead atoms. The van der Waals surface area contributed by atoms with Gasteiger partial charge in [-0.25, -0.2) is 0 Å². The van der Waals surface area contributed by atoms with Gasteiger partial charge in [-0.1, -0.05) is 12.8 Å². The Balaban J connectivity index is 1.83. The highest BCUT2D eigenvalue weighted by atomic mass is 14.9. The molecule has 0 aliphatic carbocycles. The van der Waals surface area contributed by atoms with Crippen LogP contribution in [0.4, 0.5) is 0 Å². The normalized spacial score (nSPS) is 36.0. The predicted molar refractivity (Wildman–Crippen MR) is 60.4 cm³/mol. The third-order valence-electron chi connectivity index (χ3n) is 3.84. The van der Waals surface area contributed by atoms with Gasteiger partial charge in [0.2, 0.25) is 0 Å². The van der Waals surface area contributed by atoms with E-state index in [-0.39, 0.29) is 0 Å². The maximum absolute atomic E-state index is 3.59. The maximum Gasteiger partial charge on any atom is -0.00174 e. The standard InChI is InChI=1S/C12H24N2/c1-3-7-13-9-11(5-1)12-6-2-4-8-14-10-12/h11-14H,1-10H2. The van der Waals surface area contributed by atoms with Gasteiger partial charge < -0.3 is 10.6 Å². The third-order valence-corrected chi connectivity index (χ3v) is 3.84. The summed E-state index contributed by atoms with van der Waals surface area (Å²) in [6, 6.07) is 0. The molecule has 2 fully saturated rings. The van der Waals surface area contributed by atoms with Gasteiger partial charge in [0, 0.05) is 0 Å². The Morgan fingerprint density at radius 3 is 1.64 bits per heavy atom. The first kappa shape index (κ1) is 10.4. The van der Waals surface area contributed by atoms with Crippen molar-refractivity contribution in [3.8, 4) is 0 Å². The number of hydrogen-bond donors (Lipinski definition) is 2. The monoisotopic (exact) mass is 196 g/mol. The summed E-state index contributed by atoms with van der Waals surface area (Å²) in [6.45, 7) is 5.03. The highest BCUT2D eigenvalue weighted by Gasteiger charge is 2.23. The first-order valence-electron chi connectivity index (χ1n) is 6.38. The third kappa shape index (κ3) is 2.96. The van der Waals surface area contributed by atoms with Crippen molar-refractivity contribution in [3.05, 3.63) is 0 Å². The van der Waals surface area contributed by atoms with E-state index in [0.717, 1.165) is 11.8 Å². The molecule has 0 saturated carbocycles. The molecular formula is C12H24N2. The van der Waals surface area contributed by atoms with Gasteiger partial charge >= 0.3 is 0 Å². The fraction of sp³-hybridized carbons (Fsp3) is 1.00. The number of hydrogen-bond acceptors (Lipinski definition) is 2. The van der Waals surface area contributed by atoms with Crippen LogP contribution in [0.1, 0.15) is 38.5 Å². The van der Waals surface area contributed by atoms with Crippen molar-refractivity contribution in [2.45, 2.75) is 38.5 Å². The molecule has 2 aliphatic rings. The first-order chi connectivity index (χ1) is 6.97.